The second-order valence-electron chi connectivity index (χ2n) is 7.47. The second-order valence-corrected chi connectivity index (χ2v) is 7.47. The molecule has 1 N–H and O–H groups in total. The monoisotopic (exact) mass is 479 g/mol. The van der Waals surface area contributed by atoms with Gasteiger partial charge in [0.15, 0.2) is 5.82 Å². The molecule has 2 aromatic rings. The van der Waals surface area contributed by atoms with Crippen molar-refractivity contribution in [2.45, 2.75) is 47.5 Å². The highest BCUT2D eigenvalue weighted by Crippen LogP contribution is 2.24. The summed E-state index contributed by atoms with van der Waals surface area (Å²) in [4.78, 5) is 11.0. The summed E-state index contributed by atoms with van der Waals surface area (Å²) in [5.74, 6) is 1.67. The molecule has 0 bridgehead atoms. The standard InChI is InChI=1S/C26H35N5O2.C2H6/c1-6-13-31(14-7-2)23-18-24(30-28-20-22(8-3)17-21(4)5)29-26(19-23)33-16-15-32-25-11-9-10-12-27-25;1-2/h8-12,17-20H,3-4,6-7,13-16H2,1-2,5H3,(H,29,30);1-2H3/b22-17+,28-20+;. The fourth-order valence-electron chi connectivity index (χ4n) is 3.05. The third-order valence-electron chi connectivity index (χ3n) is 4.40. The van der Waals surface area contributed by atoms with E-state index in [1.54, 1.807) is 18.5 Å². The molecule has 0 aliphatic heterocycles. The van der Waals surface area contributed by atoms with Crippen molar-refractivity contribution in [3.8, 4) is 11.8 Å². The Bertz CT molecular complexity index is 936. The van der Waals surface area contributed by atoms with Crippen LogP contribution in [0.5, 0.6) is 11.8 Å². The Balaban J connectivity index is 0.00000298. The number of hydrogen-bond acceptors (Lipinski definition) is 7. The molecule has 190 valence electrons. The Kier molecular flexibility index (Phi) is 15.0. The summed E-state index contributed by atoms with van der Waals surface area (Å²) in [7, 11) is 0. The predicted molar refractivity (Wildman–Crippen MR) is 149 cm³/mol. The summed E-state index contributed by atoms with van der Waals surface area (Å²) < 4.78 is 11.5. The first-order valence-electron chi connectivity index (χ1n) is 12.3. The van der Waals surface area contributed by atoms with Crippen molar-refractivity contribution < 1.29 is 9.47 Å². The number of ether oxygens (including phenoxy) is 2. The largest absolute Gasteiger partial charge is 0.474 e. The average molecular weight is 480 g/mol. The van der Waals surface area contributed by atoms with E-state index in [0.29, 0.717) is 30.8 Å². The Morgan fingerprint density at radius 2 is 1.77 bits per heavy atom. The van der Waals surface area contributed by atoms with Crippen molar-refractivity contribution in [3.63, 3.8) is 0 Å². The van der Waals surface area contributed by atoms with Gasteiger partial charge in [-0.05, 0) is 31.4 Å². The maximum Gasteiger partial charge on any atom is 0.217 e. The average Bonchev–Trinajstić information content (AvgIpc) is 2.87. The number of pyridine rings is 2. The van der Waals surface area contributed by atoms with Gasteiger partial charge in [-0.3, -0.25) is 5.43 Å². The van der Waals surface area contributed by atoms with Crippen LogP contribution in [0.4, 0.5) is 11.5 Å². The zero-order chi connectivity index (χ0) is 25.9. The highest BCUT2D eigenvalue weighted by atomic mass is 16.5. The van der Waals surface area contributed by atoms with E-state index < -0.39 is 0 Å². The van der Waals surface area contributed by atoms with Crippen LogP contribution in [-0.4, -0.2) is 42.5 Å². The van der Waals surface area contributed by atoms with E-state index in [0.717, 1.165) is 42.8 Å². The SMILES string of the molecule is C=CC(/C=N/Nc1cc(N(CCC)CCC)cc(OCCOc2ccccn2)n1)=C\C(=C)C.CC. The van der Waals surface area contributed by atoms with Crippen LogP contribution in [0.15, 0.2) is 78.1 Å². The van der Waals surface area contributed by atoms with E-state index in [9.17, 15) is 0 Å². The maximum absolute atomic E-state index is 5.90. The second kappa shape index (κ2) is 17.8. The van der Waals surface area contributed by atoms with Crippen LogP contribution in [0, 0.1) is 0 Å². The van der Waals surface area contributed by atoms with E-state index >= 15 is 0 Å². The maximum atomic E-state index is 5.90. The first-order valence-corrected chi connectivity index (χ1v) is 12.3. The van der Waals surface area contributed by atoms with E-state index in [1.807, 2.05) is 57.2 Å². The number of aromatic nitrogens is 2. The van der Waals surface area contributed by atoms with Gasteiger partial charge in [0.25, 0.3) is 0 Å². The van der Waals surface area contributed by atoms with Crippen molar-refractivity contribution >= 4 is 17.7 Å². The van der Waals surface area contributed by atoms with Gasteiger partial charge in [0.05, 0.1) is 6.21 Å². The van der Waals surface area contributed by atoms with Gasteiger partial charge in [0.1, 0.15) is 13.2 Å². The summed E-state index contributed by atoms with van der Waals surface area (Å²) in [5, 5.41) is 4.31. The summed E-state index contributed by atoms with van der Waals surface area (Å²) in [6.07, 6.45) is 9.11. The zero-order valence-corrected chi connectivity index (χ0v) is 22.0. The molecule has 0 radical (unpaired) electrons. The Morgan fingerprint density at radius 1 is 1.09 bits per heavy atom. The van der Waals surface area contributed by atoms with Crippen LogP contribution in [0.25, 0.3) is 0 Å². The molecule has 35 heavy (non-hydrogen) atoms. The first-order chi connectivity index (χ1) is 17.0. The van der Waals surface area contributed by atoms with E-state index in [4.69, 9.17) is 9.47 Å². The van der Waals surface area contributed by atoms with Crippen LogP contribution in [-0.2, 0) is 0 Å². The molecule has 0 saturated heterocycles. The molecule has 0 amide bonds. The van der Waals surface area contributed by atoms with Gasteiger partial charge in [-0.25, -0.2) is 4.98 Å². The highest BCUT2D eigenvalue weighted by molar-refractivity contribution is 5.83. The van der Waals surface area contributed by atoms with Crippen LogP contribution in [0.3, 0.4) is 0 Å². The third-order valence-corrected chi connectivity index (χ3v) is 4.40. The number of anilines is 2. The first kappa shape index (κ1) is 29.4. The summed E-state index contributed by atoms with van der Waals surface area (Å²) >= 11 is 0. The Morgan fingerprint density at radius 3 is 2.34 bits per heavy atom. The minimum absolute atomic E-state index is 0.346. The fourth-order valence-corrected chi connectivity index (χ4v) is 3.05. The van der Waals surface area contributed by atoms with Gasteiger partial charge in [0, 0.05) is 43.2 Å². The van der Waals surface area contributed by atoms with Crippen molar-refractivity contribution in [1.82, 2.24) is 9.97 Å². The van der Waals surface area contributed by atoms with Crippen molar-refractivity contribution in [3.05, 3.63) is 73.0 Å². The van der Waals surface area contributed by atoms with Crippen LogP contribution >= 0.6 is 0 Å². The number of nitrogens with one attached hydrogen (secondary N) is 1. The fraction of sp³-hybridized carbons (Fsp3) is 0.393. The highest BCUT2D eigenvalue weighted by Gasteiger charge is 2.10. The van der Waals surface area contributed by atoms with Crippen LogP contribution in [0.1, 0.15) is 47.5 Å². The van der Waals surface area contributed by atoms with Gasteiger partial charge in [-0.15, -0.1) is 0 Å². The molecule has 0 fully saturated rings. The van der Waals surface area contributed by atoms with Crippen molar-refractivity contribution in [1.29, 1.82) is 0 Å². The lowest BCUT2D eigenvalue weighted by atomic mass is 10.2. The van der Waals surface area contributed by atoms with Gasteiger partial charge in [0.2, 0.25) is 11.8 Å². The number of hydrazone groups is 1. The summed E-state index contributed by atoms with van der Waals surface area (Å²) in [6, 6.07) is 9.48. The zero-order valence-electron chi connectivity index (χ0n) is 22.0. The quantitative estimate of drug-likeness (QED) is 0.133. The van der Waals surface area contributed by atoms with Gasteiger partial charge >= 0.3 is 0 Å². The normalized spacial score (nSPS) is 10.8. The predicted octanol–water partition coefficient (Wildman–Crippen LogP) is 6.67. The number of nitrogens with zero attached hydrogens (tertiary/aromatic N) is 4. The lowest BCUT2D eigenvalue weighted by Gasteiger charge is -2.24. The molecular weight excluding hydrogens is 438 g/mol. The van der Waals surface area contributed by atoms with Gasteiger partial charge in [-0.2, -0.15) is 10.1 Å². The lowest BCUT2D eigenvalue weighted by molar-refractivity contribution is 0.207. The number of allylic oxidation sites excluding steroid dienone is 4. The molecule has 0 aromatic carbocycles. The third kappa shape index (κ3) is 11.9. The summed E-state index contributed by atoms with van der Waals surface area (Å²) in [5.41, 5.74) is 5.83. The van der Waals surface area contributed by atoms with Gasteiger partial charge in [-0.1, -0.05) is 64.6 Å². The minimum Gasteiger partial charge on any atom is -0.474 e. The number of rotatable bonds is 15. The van der Waals surface area contributed by atoms with Gasteiger partial charge < -0.3 is 14.4 Å². The molecule has 0 aliphatic rings. The molecule has 0 saturated carbocycles. The molecule has 2 heterocycles. The minimum atomic E-state index is 0.346. The molecule has 0 unspecified atom stereocenters. The Labute approximate surface area is 211 Å². The molecule has 0 aliphatic carbocycles. The topological polar surface area (TPSA) is 71.9 Å². The molecule has 2 rings (SSSR count). The molecule has 0 spiro atoms. The van der Waals surface area contributed by atoms with Crippen LogP contribution < -0.4 is 19.8 Å². The van der Waals surface area contributed by atoms with Crippen LogP contribution in [0.2, 0.25) is 0 Å². The van der Waals surface area contributed by atoms with E-state index in [1.165, 1.54) is 0 Å². The number of hydrogen-bond donors (Lipinski definition) is 1. The Hall–Kier alpha value is -3.61. The summed E-state index contributed by atoms with van der Waals surface area (Å²) in [6.45, 7) is 20.6. The molecule has 7 heteroatoms. The van der Waals surface area contributed by atoms with Crippen molar-refractivity contribution in [2.24, 2.45) is 5.10 Å². The molecule has 2 aromatic heterocycles. The smallest absolute Gasteiger partial charge is 0.217 e. The van der Waals surface area contributed by atoms with E-state index in [-0.39, 0.29) is 0 Å². The lowest BCUT2D eigenvalue weighted by Crippen LogP contribution is -2.25. The van der Waals surface area contributed by atoms with E-state index in [2.05, 4.69) is 52.4 Å². The molecule has 7 nitrogen and oxygen atoms in total. The van der Waals surface area contributed by atoms with Crippen molar-refractivity contribution in [2.75, 3.05) is 36.6 Å². The molecule has 0 atom stereocenters. The molecular formula is C28H41N5O2.